The van der Waals surface area contributed by atoms with E-state index >= 15 is 0 Å². The van der Waals surface area contributed by atoms with Crippen LogP contribution >= 0.6 is 0 Å². The van der Waals surface area contributed by atoms with Gasteiger partial charge in [-0.05, 0) is 38.5 Å². The summed E-state index contributed by atoms with van der Waals surface area (Å²) in [6.45, 7) is 5.81. The minimum Gasteiger partial charge on any atom is -0.370 e. The molecular weight excluding hydrogens is 985 g/mol. The van der Waals surface area contributed by atoms with Crippen molar-refractivity contribution in [1.29, 1.82) is 0 Å². The number of amides is 6. The second kappa shape index (κ2) is 54.3. The largest absolute Gasteiger partial charge is 0.370 e. The third-order valence-corrected chi connectivity index (χ3v) is 14.5. The summed E-state index contributed by atoms with van der Waals surface area (Å²) < 4.78 is 0. The average Bonchev–Trinajstić information content (AvgIpc) is 3.40. The van der Waals surface area contributed by atoms with Crippen LogP contribution in [0.15, 0.2) is 9.98 Å². The molecule has 14 N–H and O–H groups in total. The van der Waals surface area contributed by atoms with E-state index in [-0.39, 0.29) is 94.6 Å². The fourth-order valence-electron chi connectivity index (χ4n) is 9.70. The number of hydrogen-bond acceptors (Lipinski definition) is 8. The van der Waals surface area contributed by atoms with Crippen molar-refractivity contribution >= 4 is 47.4 Å². The molecule has 0 rings (SSSR count). The summed E-state index contributed by atoms with van der Waals surface area (Å²) in [5.74, 6) is -2.64. The maximum atomic E-state index is 13.7. The van der Waals surface area contributed by atoms with Gasteiger partial charge in [-0.25, -0.2) is 0 Å². The number of rotatable bonds is 57. The molecule has 0 bridgehead atoms. The van der Waals surface area contributed by atoms with Crippen LogP contribution in [0.2, 0.25) is 0 Å². The van der Waals surface area contributed by atoms with Gasteiger partial charge in [0.1, 0.15) is 12.1 Å². The summed E-state index contributed by atoms with van der Waals surface area (Å²) in [6.07, 6.45) is 44.6. The Hall–Kier alpha value is -4.64. The first-order valence-corrected chi connectivity index (χ1v) is 31.6. The predicted molar refractivity (Wildman–Crippen MR) is 322 cm³/mol. The number of guanidine groups is 2. The monoisotopic (exact) mass is 1100 g/mol. The van der Waals surface area contributed by atoms with Gasteiger partial charge in [0.2, 0.25) is 35.4 Å². The standard InChI is InChI=1S/C60H118N12O6/c1-3-5-7-9-11-13-15-17-19-21-23-25-27-29-31-33-35-41-53(73)66-47-49-72(50-48-67-54(74)42-36-34-32-30-28-26-24-22-20-18-16-14-12-10-8-6-4-2)56(76)44-43-55(75)70-52(40-38-46-69-60(64)65)58(78)71-51(57(61)77)39-37-45-68-59(62)63/h51-52H,3-50H2,1-2H3,(H2,61,77)(H,66,73)(H,67,74)(H,70,75)(H,71,78)(H4,62,63,68)(H4,64,65,69)/t51-,52-/m0/s1. The van der Waals surface area contributed by atoms with Gasteiger partial charge in [-0.1, -0.05) is 219 Å². The highest BCUT2D eigenvalue weighted by Crippen LogP contribution is 2.17. The van der Waals surface area contributed by atoms with Gasteiger partial charge in [-0.2, -0.15) is 0 Å². The van der Waals surface area contributed by atoms with E-state index in [1.165, 1.54) is 180 Å². The lowest BCUT2D eigenvalue weighted by Gasteiger charge is -2.24. The van der Waals surface area contributed by atoms with Crippen LogP contribution in [0.3, 0.4) is 0 Å². The molecule has 0 radical (unpaired) electrons. The number of carbonyl (C=O) groups is 6. The highest BCUT2D eigenvalue weighted by Gasteiger charge is 2.26. The molecule has 0 aromatic carbocycles. The van der Waals surface area contributed by atoms with E-state index in [2.05, 4.69) is 45.1 Å². The summed E-state index contributed by atoms with van der Waals surface area (Å²) in [5, 5.41) is 11.2. The van der Waals surface area contributed by atoms with Crippen molar-refractivity contribution in [3.05, 3.63) is 0 Å². The lowest BCUT2D eigenvalue weighted by Crippen LogP contribution is -2.53. The van der Waals surface area contributed by atoms with E-state index in [1.54, 1.807) is 4.90 Å². The maximum absolute atomic E-state index is 13.7. The zero-order chi connectivity index (χ0) is 57.5. The zero-order valence-corrected chi connectivity index (χ0v) is 49.8. The molecule has 454 valence electrons. The van der Waals surface area contributed by atoms with Crippen molar-refractivity contribution in [3.8, 4) is 0 Å². The minimum absolute atomic E-state index is 0.0679. The zero-order valence-electron chi connectivity index (χ0n) is 49.8. The fourth-order valence-corrected chi connectivity index (χ4v) is 9.70. The van der Waals surface area contributed by atoms with Gasteiger partial charge in [0.25, 0.3) is 0 Å². The van der Waals surface area contributed by atoms with Crippen molar-refractivity contribution in [1.82, 2.24) is 26.2 Å². The highest BCUT2D eigenvalue weighted by molar-refractivity contribution is 5.92. The number of nitrogens with two attached hydrogens (primary N) is 5. The topological polar surface area (TPSA) is 309 Å². The summed E-state index contributed by atoms with van der Waals surface area (Å²) in [5.41, 5.74) is 27.3. The smallest absolute Gasteiger partial charge is 0.243 e. The number of aliphatic imine (C=N–C) groups is 2. The van der Waals surface area contributed by atoms with Gasteiger partial charge in [0.05, 0.1) is 0 Å². The molecule has 0 aliphatic carbocycles. The van der Waals surface area contributed by atoms with E-state index in [0.29, 0.717) is 25.7 Å². The second-order valence-corrected chi connectivity index (χ2v) is 21.9. The molecular formula is C60H118N12O6. The molecule has 18 heteroatoms. The Bertz CT molecular complexity index is 1520. The van der Waals surface area contributed by atoms with Gasteiger partial charge in [0, 0.05) is 65.0 Å². The quantitative estimate of drug-likeness (QED) is 0.0158. The van der Waals surface area contributed by atoms with Gasteiger partial charge in [0.15, 0.2) is 11.9 Å². The Morgan fingerprint density at radius 1 is 0.372 bits per heavy atom. The Morgan fingerprint density at radius 3 is 1.01 bits per heavy atom. The first-order valence-electron chi connectivity index (χ1n) is 31.6. The second-order valence-electron chi connectivity index (χ2n) is 21.9. The van der Waals surface area contributed by atoms with Crippen molar-refractivity contribution < 1.29 is 28.8 Å². The Labute approximate surface area is 474 Å². The van der Waals surface area contributed by atoms with E-state index in [9.17, 15) is 28.8 Å². The van der Waals surface area contributed by atoms with Crippen LogP contribution in [-0.2, 0) is 28.8 Å². The molecule has 2 atom stereocenters. The van der Waals surface area contributed by atoms with Crippen molar-refractivity contribution in [2.75, 3.05) is 39.3 Å². The molecule has 0 fully saturated rings. The van der Waals surface area contributed by atoms with Gasteiger partial charge in [-0.3, -0.25) is 38.8 Å². The number of nitrogens with one attached hydrogen (secondary N) is 4. The van der Waals surface area contributed by atoms with E-state index in [4.69, 9.17) is 28.7 Å². The molecule has 0 unspecified atom stereocenters. The molecule has 0 heterocycles. The summed E-state index contributed by atoms with van der Waals surface area (Å²) in [4.78, 5) is 87.8. The normalized spacial score (nSPS) is 11.8. The van der Waals surface area contributed by atoms with Crippen LogP contribution in [-0.4, -0.2) is 104 Å². The van der Waals surface area contributed by atoms with E-state index in [1.807, 2.05) is 0 Å². The number of primary amides is 1. The average molecular weight is 1100 g/mol. The molecule has 0 aromatic heterocycles. The molecule has 0 spiro atoms. The Morgan fingerprint density at radius 2 is 0.692 bits per heavy atom. The van der Waals surface area contributed by atoms with Gasteiger partial charge in [-0.15, -0.1) is 0 Å². The minimum atomic E-state index is -1.08. The molecule has 18 nitrogen and oxygen atoms in total. The number of nitrogens with zero attached hydrogens (tertiary/aromatic N) is 3. The molecule has 0 aliphatic rings. The predicted octanol–water partition coefficient (Wildman–Crippen LogP) is 9.47. The molecule has 6 amide bonds. The van der Waals surface area contributed by atoms with Crippen LogP contribution in [0.25, 0.3) is 0 Å². The molecule has 0 aromatic rings. The highest BCUT2D eigenvalue weighted by atomic mass is 16.2. The van der Waals surface area contributed by atoms with E-state index < -0.39 is 29.8 Å². The van der Waals surface area contributed by atoms with Crippen LogP contribution in [0.5, 0.6) is 0 Å². The summed E-state index contributed by atoms with van der Waals surface area (Å²) in [7, 11) is 0. The first kappa shape index (κ1) is 73.4. The van der Waals surface area contributed by atoms with E-state index in [0.717, 1.165) is 38.5 Å². The summed E-state index contributed by atoms with van der Waals surface area (Å²) >= 11 is 0. The number of unbranched alkanes of at least 4 members (excludes halogenated alkanes) is 32. The maximum Gasteiger partial charge on any atom is 0.243 e. The van der Waals surface area contributed by atoms with Crippen LogP contribution in [0, 0.1) is 0 Å². The van der Waals surface area contributed by atoms with Gasteiger partial charge < -0.3 is 54.8 Å². The fraction of sp³-hybridized carbons (Fsp3) is 0.867. The number of hydrogen-bond donors (Lipinski definition) is 9. The third kappa shape index (κ3) is 49.6. The van der Waals surface area contributed by atoms with Crippen molar-refractivity contribution in [2.24, 2.45) is 38.7 Å². The lowest BCUT2D eigenvalue weighted by molar-refractivity contribution is -0.135. The Balaban J connectivity index is 5.07. The lowest BCUT2D eigenvalue weighted by atomic mass is 10.0. The SMILES string of the molecule is CCCCCCCCCCCCCCCCCCCC(=O)NCCN(CCNC(=O)CCCCCCCCCCCCCCCCCCC)C(=O)CCC(=O)N[C@@H](CCCN=C(N)N)C(=O)N[C@@H](CCCN=C(N)N)C(N)=O. The van der Waals surface area contributed by atoms with Gasteiger partial charge >= 0.3 is 0 Å². The van der Waals surface area contributed by atoms with Crippen LogP contribution in [0.1, 0.15) is 284 Å². The molecule has 0 saturated carbocycles. The summed E-state index contributed by atoms with van der Waals surface area (Å²) in [6, 6.07) is -2.13. The number of carbonyl (C=O) groups excluding carboxylic acids is 6. The third-order valence-electron chi connectivity index (χ3n) is 14.5. The van der Waals surface area contributed by atoms with Crippen LogP contribution < -0.4 is 49.9 Å². The molecule has 0 saturated heterocycles. The van der Waals surface area contributed by atoms with Crippen molar-refractivity contribution in [2.45, 2.75) is 296 Å². The molecule has 0 aliphatic heterocycles. The Kier molecular flexibility index (Phi) is 51.1. The molecule has 78 heavy (non-hydrogen) atoms. The first-order chi connectivity index (χ1) is 37.8. The van der Waals surface area contributed by atoms with Crippen molar-refractivity contribution in [3.63, 3.8) is 0 Å². The van der Waals surface area contributed by atoms with Crippen LogP contribution in [0.4, 0.5) is 0 Å².